The number of hydrogen-bond donors (Lipinski definition) is 0. The third-order valence-corrected chi connectivity index (χ3v) is 2.57. The van der Waals surface area contributed by atoms with Gasteiger partial charge in [-0.1, -0.05) is 26.0 Å². The molecule has 1 aromatic carbocycles. The molecular formula is C14H13N3. The fraction of sp³-hybridized carbons (Fsp3) is 0.214. The second-order valence-electron chi connectivity index (χ2n) is 4.18. The number of aromatic nitrogens is 2. The highest BCUT2D eigenvalue weighted by molar-refractivity contribution is 5.61. The monoisotopic (exact) mass is 223 g/mol. The Morgan fingerprint density at radius 1 is 1.18 bits per heavy atom. The minimum absolute atomic E-state index is 0.371. The van der Waals surface area contributed by atoms with Crippen LogP contribution in [0.3, 0.4) is 0 Å². The van der Waals surface area contributed by atoms with Crippen molar-refractivity contribution in [2.24, 2.45) is 0 Å². The highest BCUT2D eigenvalue weighted by Gasteiger charge is 2.05. The zero-order valence-electron chi connectivity index (χ0n) is 9.88. The molecule has 0 aliphatic rings. The van der Waals surface area contributed by atoms with E-state index in [2.05, 4.69) is 29.9 Å². The quantitative estimate of drug-likeness (QED) is 0.785. The Morgan fingerprint density at radius 3 is 2.71 bits per heavy atom. The van der Waals surface area contributed by atoms with Gasteiger partial charge in [0, 0.05) is 11.3 Å². The van der Waals surface area contributed by atoms with E-state index in [1.165, 1.54) is 0 Å². The van der Waals surface area contributed by atoms with Crippen molar-refractivity contribution in [3.8, 4) is 17.3 Å². The molecular weight excluding hydrogens is 210 g/mol. The van der Waals surface area contributed by atoms with Crippen LogP contribution in [0.5, 0.6) is 0 Å². The van der Waals surface area contributed by atoms with Gasteiger partial charge in [-0.3, -0.25) is 0 Å². The van der Waals surface area contributed by atoms with Gasteiger partial charge in [-0.15, -0.1) is 0 Å². The van der Waals surface area contributed by atoms with Crippen molar-refractivity contribution in [1.29, 1.82) is 5.26 Å². The van der Waals surface area contributed by atoms with Gasteiger partial charge >= 0.3 is 0 Å². The van der Waals surface area contributed by atoms with Crippen LogP contribution in [0.4, 0.5) is 0 Å². The number of rotatable bonds is 2. The number of benzene rings is 1. The normalized spacial score (nSPS) is 10.2. The van der Waals surface area contributed by atoms with E-state index in [0.717, 1.165) is 17.0 Å². The van der Waals surface area contributed by atoms with Crippen LogP contribution in [0, 0.1) is 11.3 Å². The minimum Gasteiger partial charge on any atom is -0.241 e. The highest BCUT2D eigenvalue weighted by atomic mass is 14.8. The lowest BCUT2D eigenvalue weighted by Crippen LogP contribution is -1.95. The van der Waals surface area contributed by atoms with E-state index in [9.17, 15) is 0 Å². The summed E-state index contributed by atoms with van der Waals surface area (Å²) in [5.41, 5.74) is 3.47. The van der Waals surface area contributed by atoms with Crippen LogP contribution in [0.1, 0.15) is 31.0 Å². The Labute approximate surface area is 101 Å². The fourth-order valence-corrected chi connectivity index (χ4v) is 1.59. The molecule has 0 aliphatic heterocycles. The Bertz CT molecular complexity index is 568. The topological polar surface area (TPSA) is 49.6 Å². The van der Waals surface area contributed by atoms with E-state index in [1.54, 1.807) is 12.4 Å². The maximum atomic E-state index is 8.87. The maximum absolute atomic E-state index is 8.87. The van der Waals surface area contributed by atoms with Crippen molar-refractivity contribution in [3.05, 3.63) is 47.9 Å². The van der Waals surface area contributed by atoms with Crippen LogP contribution in [0.25, 0.3) is 11.3 Å². The van der Waals surface area contributed by atoms with Crippen molar-refractivity contribution in [1.82, 2.24) is 9.97 Å². The van der Waals surface area contributed by atoms with Crippen molar-refractivity contribution in [3.63, 3.8) is 0 Å². The summed E-state index contributed by atoms with van der Waals surface area (Å²) < 4.78 is 0. The summed E-state index contributed by atoms with van der Waals surface area (Å²) in [5.74, 6) is 0.371. The summed E-state index contributed by atoms with van der Waals surface area (Å²) in [7, 11) is 0. The molecule has 1 aromatic heterocycles. The second kappa shape index (κ2) is 4.75. The Kier molecular flexibility index (Phi) is 3.15. The Morgan fingerprint density at radius 2 is 2.00 bits per heavy atom. The van der Waals surface area contributed by atoms with E-state index in [1.807, 2.05) is 24.3 Å². The first-order chi connectivity index (χ1) is 8.20. The predicted molar refractivity (Wildman–Crippen MR) is 66.3 cm³/mol. The minimum atomic E-state index is 0.371. The van der Waals surface area contributed by atoms with Crippen LogP contribution >= 0.6 is 0 Å². The van der Waals surface area contributed by atoms with E-state index in [0.29, 0.717) is 11.5 Å². The van der Waals surface area contributed by atoms with Crippen LogP contribution in [-0.2, 0) is 0 Å². The summed E-state index contributed by atoms with van der Waals surface area (Å²) >= 11 is 0. The van der Waals surface area contributed by atoms with Crippen LogP contribution in [0.2, 0.25) is 0 Å². The van der Waals surface area contributed by atoms with Gasteiger partial charge in [0.15, 0.2) is 0 Å². The first-order valence-electron chi connectivity index (χ1n) is 5.53. The molecule has 0 saturated carbocycles. The summed E-state index contributed by atoms with van der Waals surface area (Å²) in [6.07, 6.45) is 1.57. The summed E-state index contributed by atoms with van der Waals surface area (Å²) in [6, 6.07) is 11.5. The zero-order chi connectivity index (χ0) is 12.3. The van der Waals surface area contributed by atoms with Crippen LogP contribution < -0.4 is 0 Å². The molecule has 3 nitrogen and oxygen atoms in total. The lowest BCUT2D eigenvalue weighted by atomic mass is 10.1. The molecule has 1 heterocycles. The van der Waals surface area contributed by atoms with E-state index in [4.69, 9.17) is 5.26 Å². The van der Waals surface area contributed by atoms with Gasteiger partial charge in [0.05, 0.1) is 17.3 Å². The standard InChI is InChI=1S/C14H13N3/c1-10(2)13-7-14(17-9-16-13)12-5-3-4-11(6-12)8-15/h3-7,9-10H,1-2H3. The predicted octanol–water partition coefficient (Wildman–Crippen LogP) is 3.14. The molecule has 17 heavy (non-hydrogen) atoms. The van der Waals surface area contributed by atoms with Crippen molar-refractivity contribution >= 4 is 0 Å². The largest absolute Gasteiger partial charge is 0.241 e. The molecule has 0 saturated heterocycles. The second-order valence-corrected chi connectivity index (χ2v) is 4.18. The SMILES string of the molecule is CC(C)c1cc(-c2cccc(C#N)c2)ncn1. The lowest BCUT2D eigenvalue weighted by Gasteiger charge is -2.06. The van der Waals surface area contributed by atoms with Gasteiger partial charge in [0.25, 0.3) is 0 Å². The van der Waals surface area contributed by atoms with Gasteiger partial charge in [-0.25, -0.2) is 9.97 Å². The van der Waals surface area contributed by atoms with Gasteiger partial charge < -0.3 is 0 Å². The first-order valence-corrected chi connectivity index (χ1v) is 5.53. The molecule has 0 spiro atoms. The molecule has 2 aromatic rings. The molecule has 0 unspecified atom stereocenters. The van der Waals surface area contributed by atoms with Gasteiger partial charge in [-0.2, -0.15) is 5.26 Å². The smallest absolute Gasteiger partial charge is 0.116 e. The Balaban J connectivity index is 2.46. The highest BCUT2D eigenvalue weighted by Crippen LogP contribution is 2.20. The van der Waals surface area contributed by atoms with Gasteiger partial charge in [0.1, 0.15) is 6.33 Å². The summed E-state index contributed by atoms with van der Waals surface area (Å²) in [5, 5.41) is 8.87. The van der Waals surface area contributed by atoms with E-state index < -0.39 is 0 Å². The van der Waals surface area contributed by atoms with Crippen molar-refractivity contribution < 1.29 is 0 Å². The molecule has 0 radical (unpaired) electrons. The van der Waals surface area contributed by atoms with Crippen LogP contribution in [0.15, 0.2) is 36.7 Å². The van der Waals surface area contributed by atoms with Crippen molar-refractivity contribution in [2.45, 2.75) is 19.8 Å². The molecule has 0 amide bonds. The van der Waals surface area contributed by atoms with Gasteiger partial charge in [-0.05, 0) is 24.1 Å². The first kappa shape index (κ1) is 11.3. The molecule has 0 aliphatic carbocycles. The van der Waals surface area contributed by atoms with E-state index in [-0.39, 0.29) is 0 Å². The number of nitriles is 1. The molecule has 2 rings (SSSR count). The molecule has 0 N–H and O–H groups in total. The lowest BCUT2D eigenvalue weighted by molar-refractivity contribution is 0.815. The molecule has 0 bridgehead atoms. The molecule has 0 fully saturated rings. The summed E-state index contributed by atoms with van der Waals surface area (Å²) in [4.78, 5) is 8.48. The molecule has 0 atom stereocenters. The zero-order valence-corrected chi connectivity index (χ0v) is 9.88. The van der Waals surface area contributed by atoms with Crippen molar-refractivity contribution in [2.75, 3.05) is 0 Å². The molecule has 84 valence electrons. The average molecular weight is 223 g/mol. The third kappa shape index (κ3) is 2.48. The fourth-order valence-electron chi connectivity index (χ4n) is 1.59. The number of hydrogen-bond acceptors (Lipinski definition) is 3. The number of nitrogens with zero attached hydrogens (tertiary/aromatic N) is 3. The average Bonchev–Trinajstić information content (AvgIpc) is 2.39. The maximum Gasteiger partial charge on any atom is 0.116 e. The van der Waals surface area contributed by atoms with Crippen LogP contribution in [-0.4, -0.2) is 9.97 Å². The summed E-state index contributed by atoms with van der Waals surface area (Å²) in [6.45, 7) is 4.19. The third-order valence-electron chi connectivity index (χ3n) is 2.57. The van der Waals surface area contributed by atoms with Gasteiger partial charge in [0.2, 0.25) is 0 Å². The van der Waals surface area contributed by atoms with E-state index >= 15 is 0 Å². The molecule has 3 heteroatoms. The Hall–Kier alpha value is -2.21.